The van der Waals surface area contributed by atoms with E-state index < -0.39 is 106 Å². The molecule has 4 saturated heterocycles. The number of halogens is 1. The minimum Gasteiger partial charge on any atom is -0.459 e. The van der Waals surface area contributed by atoms with E-state index in [9.17, 15) is 32.9 Å². The summed E-state index contributed by atoms with van der Waals surface area (Å²) in [6.07, 6.45) is -2.11. The molecule has 21 heteroatoms. The van der Waals surface area contributed by atoms with Gasteiger partial charge in [0.2, 0.25) is 10.0 Å². The monoisotopic (exact) mass is 1080 g/mol. The molecule has 1 unspecified atom stereocenters. The van der Waals surface area contributed by atoms with Crippen LogP contribution in [0, 0.1) is 17.8 Å². The predicted molar refractivity (Wildman–Crippen MR) is 287 cm³/mol. The first kappa shape index (κ1) is 62.9. The summed E-state index contributed by atoms with van der Waals surface area (Å²) in [6, 6.07) is 5.32. The molecular formula is C54H93FN6O13S. The van der Waals surface area contributed by atoms with E-state index in [1.54, 1.807) is 52.1 Å². The van der Waals surface area contributed by atoms with Gasteiger partial charge in [-0.3, -0.25) is 14.1 Å². The number of hydrazone groups is 1. The standard InChI is InChI=1S/C54H93FN6O13S/c1-15-44-54(10,65)49(62)38(7)60(12)32-33(2)27-53(9,64)50(36(5)47(37(6)51(63)72-44)73-46-29-52(8,69-14)28-35(4)71-46)74-45-26-42(25-34(3)70-45)59(11)23-21-40(58-56)31-57-43(30-55)48(68-13)39-17-19-41(20-18-39)61-22-16-24-75(61,66)67/h17-20,31,33-38,42-50,62,64-65H,15-16,21-30,32,56H2,1-14H3/t33-,34-,35+,36+,37-,38-,42+,43-,44-,45+,46?,47+,48-,49-,50-,52+,53-,54-/m1/s1. The Morgan fingerprint density at radius 3 is 2.25 bits per heavy atom. The molecule has 1 aromatic rings. The van der Waals surface area contributed by atoms with Gasteiger partial charge in [0, 0.05) is 83.8 Å². The van der Waals surface area contributed by atoms with Crippen molar-refractivity contribution in [1.29, 1.82) is 0 Å². The maximum atomic E-state index is 14.7. The number of nitrogens with zero attached hydrogens (tertiary/aromatic N) is 5. The number of sulfonamides is 1. The highest BCUT2D eigenvalue weighted by Gasteiger charge is 2.51. The molecule has 19 nitrogen and oxygen atoms in total. The quantitative estimate of drug-likeness (QED) is 0.0664. The number of cyclic esters (lactones) is 1. The van der Waals surface area contributed by atoms with Crippen molar-refractivity contribution in [2.24, 2.45) is 33.7 Å². The van der Waals surface area contributed by atoms with E-state index in [2.05, 4.69) is 15.0 Å². The molecule has 0 saturated carbocycles. The van der Waals surface area contributed by atoms with Crippen LogP contribution >= 0.6 is 0 Å². The van der Waals surface area contributed by atoms with Crippen LogP contribution in [0.4, 0.5) is 10.1 Å². The van der Waals surface area contributed by atoms with Crippen molar-refractivity contribution in [3.63, 3.8) is 0 Å². The number of ether oxygens (including phenoxy) is 7. The van der Waals surface area contributed by atoms with E-state index in [1.165, 1.54) is 24.6 Å². The molecule has 0 spiro atoms. The van der Waals surface area contributed by atoms with Crippen LogP contribution in [0.5, 0.6) is 0 Å². The average Bonchev–Trinajstić information content (AvgIpc) is 3.72. The predicted octanol–water partition coefficient (Wildman–Crippen LogP) is 5.37. The van der Waals surface area contributed by atoms with Gasteiger partial charge in [-0.1, -0.05) is 32.9 Å². The molecule has 1 aromatic carbocycles. The summed E-state index contributed by atoms with van der Waals surface area (Å²) < 4.78 is 85.7. The number of carbonyl (C=O) groups excluding carboxylic acids is 1. The maximum absolute atomic E-state index is 14.7. The molecule has 0 bridgehead atoms. The number of hydrogen-bond donors (Lipinski definition) is 4. The number of hydrogen-bond acceptors (Lipinski definition) is 18. The number of aliphatic hydroxyl groups excluding tert-OH is 1. The molecule has 0 aliphatic carbocycles. The molecule has 5 N–H and O–H groups in total. The number of carbonyl (C=O) groups is 1. The fraction of sp³-hybridized carbons (Fsp3) is 0.833. The van der Waals surface area contributed by atoms with Gasteiger partial charge in [-0.25, -0.2) is 12.8 Å². The highest BCUT2D eigenvalue weighted by atomic mass is 32.2. The minimum absolute atomic E-state index is 0.0590. The fourth-order valence-electron chi connectivity index (χ4n) is 12.0. The Bertz CT molecular complexity index is 2140. The Kier molecular flexibility index (Phi) is 22.5. The van der Waals surface area contributed by atoms with Crippen LogP contribution in [0.2, 0.25) is 0 Å². The molecule has 18 atom stereocenters. The molecule has 4 heterocycles. The lowest BCUT2D eigenvalue weighted by molar-refractivity contribution is -0.292. The molecule has 0 radical (unpaired) electrons. The first-order valence-corrected chi connectivity index (χ1v) is 28.6. The lowest BCUT2D eigenvalue weighted by atomic mass is 9.77. The van der Waals surface area contributed by atoms with E-state index in [-0.39, 0.29) is 42.8 Å². The number of aliphatic hydroxyl groups is 3. The lowest BCUT2D eigenvalue weighted by Gasteiger charge is -2.47. The fourth-order valence-corrected chi connectivity index (χ4v) is 13.5. The molecule has 4 aliphatic rings. The smallest absolute Gasteiger partial charge is 0.311 e. The van der Waals surface area contributed by atoms with Crippen molar-refractivity contribution in [2.45, 2.75) is 211 Å². The number of alkyl halides is 1. The van der Waals surface area contributed by atoms with Gasteiger partial charge in [0.15, 0.2) is 12.6 Å². The van der Waals surface area contributed by atoms with Crippen LogP contribution in [0.15, 0.2) is 34.4 Å². The molecule has 4 fully saturated rings. The number of esters is 1. The number of benzene rings is 1. The molecule has 430 valence electrons. The number of anilines is 1. The molecular weight excluding hydrogens is 992 g/mol. The van der Waals surface area contributed by atoms with Gasteiger partial charge in [0.25, 0.3) is 0 Å². The molecule has 4 aliphatic heterocycles. The molecule has 5 rings (SSSR count). The van der Waals surface area contributed by atoms with Crippen LogP contribution in [0.1, 0.15) is 132 Å². The van der Waals surface area contributed by atoms with Gasteiger partial charge in [-0.15, -0.1) is 0 Å². The van der Waals surface area contributed by atoms with Crippen molar-refractivity contribution < 1.29 is 66.1 Å². The second-order valence-corrected chi connectivity index (χ2v) is 24.9. The topological polar surface area (TPSA) is 237 Å². The summed E-state index contributed by atoms with van der Waals surface area (Å²) >= 11 is 0. The Morgan fingerprint density at radius 1 is 1.00 bits per heavy atom. The first-order chi connectivity index (χ1) is 35.1. The third-order valence-electron chi connectivity index (χ3n) is 16.4. The van der Waals surface area contributed by atoms with Crippen molar-refractivity contribution in [1.82, 2.24) is 9.80 Å². The summed E-state index contributed by atoms with van der Waals surface area (Å²) in [5.41, 5.74) is -2.28. The second kappa shape index (κ2) is 26.8. The average molecular weight is 1090 g/mol. The second-order valence-electron chi connectivity index (χ2n) is 22.9. The summed E-state index contributed by atoms with van der Waals surface area (Å²) in [6.45, 7) is 18.9. The third kappa shape index (κ3) is 15.9. The Labute approximate surface area is 447 Å². The number of aliphatic imine (C=N–C) groups is 1. The summed E-state index contributed by atoms with van der Waals surface area (Å²) in [4.78, 5) is 23.1. The lowest BCUT2D eigenvalue weighted by Crippen LogP contribution is -2.59. The van der Waals surface area contributed by atoms with Crippen molar-refractivity contribution in [3.8, 4) is 0 Å². The van der Waals surface area contributed by atoms with Crippen LogP contribution in [-0.2, 0) is 48.0 Å². The van der Waals surface area contributed by atoms with Gasteiger partial charge >= 0.3 is 5.97 Å². The number of methoxy groups -OCH3 is 2. The van der Waals surface area contributed by atoms with E-state index >= 15 is 0 Å². The van der Waals surface area contributed by atoms with Crippen LogP contribution in [-0.4, -0.2) is 196 Å². The largest absolute Gasteiger partial charge is 0.459 e. The number of likely N-dealkylation sites (N-methyl/N-ethyl adjacent to an activating group) is 1. The zero-order valence-electron chi connectivity index (χ0n) is 47.3. The minimum atomic E-state index is -3.36. The summed E-state index contributed by atoms with van der Waals surface area (Å²) in [5, 5.41) is 40.4. The zero-order chi connectivity index (χ0) is 55.8. The Hall–Kier alpha value is -2.93. The first-order valence-electron chi connectivity index (χ1n) is 27.0. The summed E-state index contributed by atoms with van der Waals surface area (Å²) in [5.74, 6) is 3.54. The zero-order valence-corrected chi connectivity index (χ0v) is 48.1. The SMILES string of the molecule is CC[C@H]1OC(=O)[C@H](C)[C@@H](OC2C[C@@](C)(OC)C[C@H](C)O2)[C@H](C)[C@@H](O[C@H]2C[C@@H](N(C)CCC(C=N[C@H](CF)[C@H](OC)c3ccc(N4CCCS4(=O)=O)cc3)=NN)C[C@@H](C)O2)[C@](C)(O)C[C@@H](C)CN(C)[C@H](C)[C@@H](O)[C@]1(C)O. The Morgan fingerprint density at radius 2 is 1.67 bits per heavy atom. The van der Waals surface area contributed by atoms with E-state index in [0.717, 1.165) is 0 Å². The molecule has 0 amide bonds. The van der Waals surface area contributed by atoms with Gasteiger partial charge in [-0.2, -0.15) is 5.10 Å². The molecule has 75 heavy (non-hydrogen) atoms. The normalized spacial score (nSPS) is 39.0. The van der Waals surface area contributed by atoms with Crippen molar-refractivity contribution in [3.05, 3.63) is 29.8 Å². The van der Waals surface area contributed by atoms with Crippen molar-refractivity contribution >= 4 is 33.6 Å². The van der Waals surface area contributed by atoms with Crippen LogP contribution in [0.25, 0.3) is 0 Å². The van der Waals surface area contributed by atoms with Crippen LogP contribution < -0.4 is 10.1 Å². The van der Waals surface area contributed by atoms with E-state index in [4.69, 9.17) is 39.0 Å². The van der Waals surface area contributed by atoms with Crippen LogP contribution in [0.3, 0.4) is 0 Å². The number of rotatable bonds is 17. The summed E-state index contributed by atoms with van der Waals surface area (Å²) in [7, 11) is 3.62. The number of nitrogens with two attached hydrogens (primary N) is 1. The van der Waals surface area contributed by atoms with Gasteiger partial charge in [0.05, 0.1) is 58.7 Å². The maximum Gasteiger partial charge on any atom is 0.311 e. The molecule has 0 aromatic heterocycles. The van der Waals surface area contributed by atoms with E-state index in [1.807, 2.05) is 60.5 Å². The van der Waals surface area contributed by atoms with Gasteiger partial charge in [-0.05, 0) is 112 Å². The van der Waals surface area contributed by atoms with Gasteiger partial charge in [0.1, 0.15) is 36.6 Å². The highest BCUT2D eigenvalue weighted by Crippen LogP contribution is 2.40. The van der Waals surface area contributed by atoms with Gasteiger partial charge < -0.3 is 64.1 Å². The van der Waals surface area contributed by atoms with E-state index in [0.29, 0.717) is 75.1 Å². The Balaban J connectivity index is 1.38. The highest BCUT2D eigenvalue weighted by molar-refractivity contribution is 7.93. The third-order valence-corrected chi connectivity index (χ3v) is 18.3. The van der Waals surface area contributed by atoms with Crippen molar-refractivity contribution in [2.75, 3.05) is 64.7 Å².